The number of carbonyl (C=O) groups excluding carboxylic acids is 1. The van der Waals surface area contributed by atoms with Gasteiger partial charge in [-0.25, -0.2) is 4.98 Å². The number of hydrogen-bond acceptors (Lipinski definition) is 5. The molecule has 3 nitrogen and oxygen atoms in total. The van der Waals surface area contributed by atoms with Crippen LogP contribution >= 0.6 is 23.1 Å². The molecule has 1 aromatic heterocycles. The van der Waals surface area contributed by atoms with Gasteiger partial charge >= 0.3 is 5.97 Å². The molecule has 1 heterocycles. The van der Waals surface area contributed by atoms with E-state index in [1.54, 1.807) is 23.1 Å². The number of hydrogen-bond donors (Lipinski definition) is 0. The molecule has 17 heavy (non-hydrogen) atoms. The quantitative estimate of drug-likeness (QED) is 0.411. The van der Waals surface area contributed by atoms with Crippen molar-refractivity contribution in [3.05, 3.63) is 11.1 Å². The van der Waals surface area contributed by atoms with Gasteiger partial charge in [-0.2, -0.15) is 0 Å². The molecule has 0 bridgehead atoms. The zero-order valence-electron chi connectivity index (χ0n) is 10.4. The van der Waals surface area contributed by atoms with E-state index in [2.05, 4.69) is 10.4 Å². The lowest BCUT2D eigenvalue weighted by atomic mass is 10.2. The maximum absolute atomic E-state index is 11.1. The first kappa shape index (κ1) is 14.5. The fourth-order valence-corrected chi connectivity index (χ4v) is 3.26. The third-order valence-corrected chi connectivity index (χ3v) is 4.38. The number of esters is 1. The molecule has 0 aliphatic rings. The highest BCUT2D eigenvalue weighted by Gasteiger charge is 2.02. The second-order valence-electron chi connectivity index (χ2n) is 3.72. The van der Waals surface area contributed by atoms with Crippen LogP contribution in [-0.4, -0.2) is 23.3 Å². The molecule has 0 unspecified atom stereocenters. The third-order valence-electron chi connectivity index (χ3n) is 2.15. The number of thioether (sulfide) groups is 1. The Morgan fingerprint density at radius 2 is 2.29 bits per heavy atom. The van der Waals surface area contributed by atoms with Gasteiger partial charge in [0.1, 0.15) is 4.34 Å². The Kier molecular flexibility index (Phi) is 7.28. The maximum Gasteiger partial charge on any atom is 0.305 e. The summed E-state index contributed by atoms with van der Waals surface area (Å²) in [5, 5.41) is 2.07. The lowest BCUT2D eigenvalue weighted by Crippen LogP contribution is -2.03. The molecule has 1 rings (SSSR count). The Labute approximate surface area is 111 Å². The van der Waals surface area contributed by atoms with Crippen LogP contribution in [0.2, 0.25) is 0 Å². The molecule has 0 amide bonds. The second kappa shape index (κ2) is 8.53. The molecule has 96 valence electrons. The van der Waals surface area contributed by atoms with Gasteiger partial charge in [-0.3, -0.25) is 4.79 Å². The van der Waals surface area contributed by atoms with E-state index in [1.165, 1.54) is 0 Å². The van der Waals surface area contributed by atoms with Gasteiger partial charge in [0.05, 0.1) is 6.61 Å². The highest BCUT2D eigenvalue weighted by atomic mass is 32.2. The largest absolute Gasteiger partial charge is 0.466 e. The summed E-state index contributed by atoms with van der Waals surface area (Å²) in [6.07, 6.45) is 3.68. The van der Waals surface area contributed by atoms with Crippen molar-refractivity contribution in [2.24, 2.45) is 0 Å². The fraction of sp³-hybridized carbons (Fsp3) is 0.667. The van der Waals surface area contributed by atoms with E-state index in [0.717, 1.165) is 35.0 Å². The minimum atomic E-state index is -0.0734. The van der Waals surface area contributed by atoms with Gasteiger partial charge in [0.15, 0.2) is 0 Å². The SMILES string of the molecule is CCOC(=O)CCCCCSc1nc(C)cs1. The summed E-state index contributed by atoms with van der Waals surface area (Å²) in [7, 11) is 0. The minimum Gasteiger partial charge on any atom is -0.466 e. The Morgan fingerprint density at radius 1 is 1.47 bits per heavy atom. The van der Waals surface area contributed by atoms with Crippen LogP contribution in [0.25, 0.3) is 0 Å². The van der Waals surface area contributed by atoms with E-state index in [9.17, 15) is 4.79 Å². The van der Waals surface area contributed by atoms with Crippen LogP contribution in [0.15, 0.2) is 9.72 Å². The van der Waals surface area contributed by atoms with Crippen LogP contribution in [0, 0.1) is 6.92 Å². The van der Waals surface area contributed by atoms with Crippen LogP contribution in [0.1, 0.15) is 38.3 Å². The summed E-state index contributed by atoms with van der Waals surface area (Å²) in [6.45, 7) is 4.34. The van der Waals surface area contributed by atoms with E-state index in [4.69, 9.17) is 4.74 Å². The van der Waals surface area contributed by atoms with E-state index in [-0.39, 0.29) is 5.97 Å². The zero-order chi connectivity index (χ0) is 12.5. The van der Waals surface area contributed by atoms with Gasteiger partial charge in [-0.1, -0.05) is 18.2 Å². The first-order valence-corrected chi connectivity index (χ1v) is 7.79. The molecule has 5 heteroatoms. The molecule has 0 radical (unpaired) electrons. The summed E-state index contributed by atoms with van der Waals surface area (Å²) in [5.41, 5.74) is 1.10. The van der Waals surface area contributed by atoms with Crippen molar-refractivity contribution in [3.8, 4) is 0 Å². The van der Waals surface area contributed by atoms with Gasteiger partial charge in [-0.15, -0.1) is 11.3 Å². The predicted molar refractivity (Wildman–Crippen MR) is 72.7 cm³/mol. The van der Waals surface area contributed by atoms with Gasteiger partial charge in [0, 0.05) is 23.2 Å². The molecule has 0 spiro atoms. The summed E-state index contributed by atoms with van der Waals surface area (Å²) in [5.74, 6) is 1.01. The third kappa shape index (κ3) is 6.68. The number of aromatic nitrogens is 1. The number of carbonyl (C=O) groups is 1. The highest BCUT2D eigenvalue weighted by Crippen LogP contribution is 2.23. The van der Waals surface area contributed by atoms with E-state index >= 15 is 0 Å². The van der Waals surface area contributed by atoms with Gasteiger partial charge in [-0.05, 0) is 26.7 Å². The standard InChI is InChI=1S/C12H19NO2S2/c1-3-15-11(14)7-5-4-6-8-16-12-13-10(2)9-17-12/h9H,3-8H2,1-2H3. The van der Waals surface area contributed by atoms with E-state index in [0.29, 0.717) is 13.0 Å². The molecule has 0 fully saturated rings. The number of ether oxygens (including phenoxy) is 1. The van der Waals surface area contributed by atoms with Crippen molar-refractivity contribution >= 4 is 29.1 Å². The molecule has 0 aliphatic carbocycles. The van der Waals surface area contributed by atoms with Crippen molar-refractivity contribution in [2.75, 3.05) is 12.4 Å². The van der Waals surface area contributed by atoms with Crippen LogP contribution < -0.4 is 0 Å². The number of nitrogens with zero attached hydrogens (tertiary/aromatic N) is 1. The summed E-state index contributed by atoms with van der Waals surface area (Å²) < 4.78 is 6.01. The first-order valence-electron chi connectivity index (χ1n) is 5.93. The Balaban J connectivity index is 1.96. The normalized spacial score (nSPS) is 10.5. The summed E-state index contributed by atoms with van der Waals surface area (Å²) in [4.78, 5) is 15.5. The number of rotatable bonds is 8. The number of unbranched alkanes of at least 4 members (excludes halogenated alkanes) is 2. The number of aryl methyl sites for hydroxylation is 1. The highest BCUT2D eigenvalue weighted by molar-refractivity contribution is 8.00. The fourth-order valence-electron chi connectivity index (χ4n) is 1.34. The average molecular weight is 273 g/mol. The molecule has 1 aromatic rings. The molecule has 0 aliphatic heterocycles. The van der Waals surface area contributed by atoms with Gasteiger partial charge in [0.2, 0.25) is 0 Å². The van der Waals surface area contributed by atoms with Crippen molar-refractivity contribution < 1.29 is 9.53 Å². The second-order valence-corrected chi connectivity index (χ2v) is 5.92. The molecule has 0 saturated carbocycles. The molecule has 0 atom stereocenters. The molecular formula is C12H19NO2S2. The smallest absolute Gasteiger partial charge is 0.305 e. The predicted octanol–water partition coefficient (Wildman–Crippen LogP) is 3.67. The van der Waals surface area contributed by atoms with Crippen molar-refractivity contribution in [1.82, 2.24) is 4.98 Å². The minimum absolute atomic E-state index is 0.0734. The monoisotopic (exact) mass is 273 g/mol. The lowest BCUT2D eigenvalue weighted by Gasteiger charge is -2.01. The van der Waals surface area contributed by atoms with E-state index < -0.39 is 0 Å². The Bertz CT molecular complexity index is 339. The van der Waals surface area contributed by atoms with Crippen molar-refractivity contribution in [1.29, 1.82) is 0 Å². The maximum atomic E-state index is 11.1. The zero-order valence-corrected chi connectivity index (χ0v) is 12.0. The summed E-state index contributed by atoms with van der Waals surface area (Å²) >= 11 is 3.50. The molecule has 0 saturated heterocycles. The van der Waals surface area contributed by atoms with Gasteiger partial charge in [0.25, 0.3) is 0 Å². The van der Waals surface area contributed by atoms with E-state index in [1.807, 2.05) is 13.8 Å². The molecular weight excluding hydrogens is 254 g/mol. The Hall–Kier alpha value is -0.550. The van der Waals surface area contributed by atoms with Crippen LogP contribution in [0.3, 0.4) is 0 Å². The lowest BCUT2D eigenvalue weighted by molar-refractivity contribution is -0.143. The topological polar surface area (TPSA) is 39.2 Å². The van der Waals surface area contributed by atoms with Crippen molar-refractivity contribution in [2.45, 2.75) is 43.9 Å². The Morgan fingerprint density at radius 3 is 2.94 bits per heavy atom. The van der Waals surface area contributed by atoms with Crippen LogP contribution in [0.4, 0.5) is 0 Å². The first-order chi connectivity index (χ1) is 8.22. The molecule has 0 aromatic carbocycles. The van der Waals surface area contributed by atoms with Crippen LogP contribution in [-0.2, 0) is 9.53 Å². The number of thiazole rings is 1. The van der Waals surface area contributed by atoms with Crippen molar-refractivity contribution in [3.63, 3.8) is 0 Å². The van der Waals surface area contributed by atoms with Crippen LogP contribution in [0.5, 0.6) is 0 Å². The molecule has 0 N–H and O–H groups in total. The van der Waals surface area contributed by atoms with Gasteiger partial charge < -0.3 is 4.74 Å². The average Bonchev–Trinajstić information content (AvgIpc) is 2.70. The summed E-state index contributed by atoms with van der Waals surface area (Å²) in [6, 6.07) is 0.